The number of carbonyl (C=O) groups is 1. The largest absolute Gasteiger partial charge is 0.396 e. The van der Waals surface area contributed by atoms with Crippen molar-refractivity contribution in [3.8, 4) is 0 Å². The average Bonchev–Trinajstić information content (AvgIpc) is 2.94. The Labute approximate surface area is 118 Å². The molecular formula is C15H21NO2S. The predicted octanol–water partition coefficient (Wildman–Crippen LogP) is 2.69. The van der Waals surface area contributed by atoms with E-state index >= 15 is 0 Å². The van der Waals surface area contributed by atoms with Crippen LogP contribution < -0.4 is 5.32 Å². The highest BCUT2D eigenvalue weighted by Gasteiger charge is 2.33. The van der Waals surface area contributed by atoms with Crippen molar-refractivity contribution in [2.75, 3.05) is 19.4 Å². The lowest BCUT2D eigenvalue weighted by Crippen LogP contribution is -2.38. The molecule has 2 rings (SSSR count). The Kier molecular flexibility index (Phi) is 4.88. The zero-order chi connectivity index (χ0) is 13.7. The molecule has 3 nitrogen and oxygen atoms in total. The van der Waals surface area contributed by atoms with E-state index < -0.39 is 0 Å². The fourth-order valence-electron chi connectivity index (χ4n) is 2.63. The summed E-state index contributed by atoms with van der Waals surface area (Å²) in [4.78, 5) is 13.2. The second-order valence-corrected chi connectivity index (χ2v) is 6.16. The molecule has 0 saturated heterocycles. The van der Waals surface area contributed by atoms with Crippen LogP contribution in [0.4, 0.5) is 0 Å². The molecule has 1 aromatic rings. The van der Waals surface area contributed by atoms with Gasteiger partial charge in [-0.15, -0.1) is 11.8 Å². The fourth-order valence-corrected chi connectivity index (χ4v) is 3.04. The van der Waals surface area contributed by atoms with Gasteiger partial charge in [-0.25, -0.2) is 0 Å². The van der Waals surface area contributed by atoms with Crippen LogP contribution >= 0.6 is 11.8 Å². The van der Waals surface area contributed by atoms with Gasteiger partial charge in [0, 0.05) is 22.4 Å². The monoisotopic (exact) mass is 279 g/mol. The van der Waals surface area contributed by atoms with Crippen molar-refractivity contribution in [3.05, 3.63) is 29.8 Å². The molecular weight excluding hydrogens is 258 g/mol. The summed E-state index contributed by atoms with van der Waals surface area (Å²) in [5.41, 5.74) is 0.596. The van der Waals surface area contributed by atoms with Crippen molar-refractivity contribution in [1.82, 2.24) is 5.32 Å². The van der Waals surface area contributed by atoms with Gasteiger partial charge in [-0.1, -0.05) is 12.8 Å². The molecule has 0 atom stereocenters. The van der Waals surface area contributed by atoms with Gasteiger partial charge in [-0.3, -0.25) is 4.79 Å². The smallest absolute Gasteiger partial charge is 0.251 e. The Hall–Kier alpha value is -1.00. The van der Waals surface area contributed by atoms with E-state index in [0.717, 1.165) is 30.6 Å². The first kappa shape index (κ1) is 14.4. The lowest BCUT2D eigenvalue weighted by atomic mass is 9.87. The molecule has 19 heavy (non-hydrogen) atoms. The van der Waals surface area contributed by atoms with Crippen LogP contribution in [0.15, 0.2) is 29.2 Å². The predicted molar refractivity (Wildman–Crippen MR) is 78.5 cm³/mol. The van der Waals surface area contributed by atoms with Crippen molar-refractivity contribution >= 4 is 17.7 Å². The molecule has 1 fully saturated rings. The first-order valence-electron chi connectivity index (χ1n) is 6.72. The second kappa shape index (κ2) is 6.44. The van der Waals surface area contributed by atoms with Crippen LogP contribution in [0, 0.1) is 5.41 Å². The molecule has 4 heteroatoms. The lowest BCUT2D eigenvalue weighted by Gasteiger charge is -2.26. The molecule has 1 aliphatic carbocycles. The fraction of sp³-hybridized carbons (Fsp3) is 0.533. The maximum absolute atomic E-state index is 12.1. The number of benzene rings is 1. The van der Waals surface area contributed by atoms with Crippen molar-refractivity contribution in [1.29, 1.82) is 0 Å². The summed E-state index contributed by atoms with van der Waals surface area (Å²) in [5, 5.41) is 12.5. The Bertz CT molecular complexity index is 424. The topological polar surface area (TPSA) is 49.3 Å². The lowest BCUT2D eigenvalue weighted by molar-refractivity contribution is 0.0880. The minimum absolute atomic E-state index is 0.0487. The number of amides is 1. The molecule has 0 aliphatic heterocycles. The minimum atomic E-state index is -0.0884. The maximum Gasteiger partial charge on any atom is 0.251 e. The molecule has 0 unspecified atom stereocenters. The summed E-state index contributed by atoms with van der Waals surface area (Å²) in [7, 11) is 0. The van der Waals surface area contributed by atoms with E-state index in [9.17, 15) is 9.90 Å². The van der Waals surface area contributed by atoms with Gasteiger partial charge in [0.15, 0.2) is 0 Å². The summed E-state index contributed by atoms with van der Waals surface area (Å²) in [6.07, 6.45) is 6.34. The van der Waals surface area contributed by atoms with Crippen LogP contribution in [-0.2, 0) is 0 Å². The molecule has 0 aromatic heterocycles. The Morgan fingerprint density at radius 3 is 2.47 bits per heavy atom. The molecule has 104 valence electrons. The minimum Gasteiger partial charge on any atom is -0.396 e. The number of aliphatic hydroxyl groups excluding tert-OH is 1. The van der Waals surface area contributed by atoms with E-state index in [2.05, 4.69) is 5.32 Å². The van der Waals surface area contributed by atoms with Gasteiger partial charge in [-0.05, 0) is 43.4 Å². The number of thioether (sulfide) groups is 1. The molecule has 0 spiro atoms. The number of carbonyl (C=O) groups excluding carboxylic acids is 1. The van der Waals surface area contributed by atoms with Crippen LogP contribution in [0.5, 0.6) is 0 Å². The van der Waals surface area contributed by atoms with Gasteiger partial charge in [0.25, 0.3) is 5.91 Å². The SMILES string of the molecule is CSc1ccc(C(=O)NCC2(CO)CCCC2)cc1. The normalized spacial score (nSPS) is 17.4. The van der Waals surface area contributed by atoms with Gasteiger partial charge in [-0.2, -0.15) is 0 Å². The van der Waals surface area contributed by atoms with E-state index in [1.807, 2.05) is 30.5 Å². The molecule has 0 heterocycles. The first-order chi connectivity index (χ1) is 9.19. The molecule has 1 aliphatic rings. The van der Waals surface area contributed by atoms with E-state index in [0.29, 0.717) is 12.1 Å². The Morgan fingerprint density at radius 1 is 1.32 bits per heavy atom. The molecule has 0 bridgehead atoms. The highest BCUT2D eigenvalue weighted by Crippen LogP contribution is 2.36. The molecule has 1 amide bonds. The van der Waals surface area contributed by atoms with Crippen LogP contribution in [-0.4, -0.2) is 30.4 Å². The quantitative estimate of drug-likeness (QED) is 0.815. The van der Waals surface area contributed by atoms with Crippen molar-refractivity contribution in [3.63, 3.8) is 0 Å². The zero-order valence-corrected chi connectivity index (χ0v) is 12.1. The molecule has 2 N–H and O–H groups in total. The van der Waals surface area contributed by atoms with E-state index in [1.165, 1.54) is 0 Å². The highest BCUT2D eigenvalue weighted by molar-refractivity contribution is 7.98. The third kappa shape index (κ3) is 3.51. The van der Waals surface area contributed by atoms with Crippen LogP contribution in [0.25, 0.3) is 0 Å². The van der Waals surface area contributed by atoms with Gasteiger partial charge in [0.1, 0.15) is 0 Å². The molecule has 1 saturated carbocycles. The number of hydrogen-bond acceptors (Lipinski definition) is 3. The van der Waals surface area contributed by atoms with Crippen molar-refractivity contribution in [2.24, 2.45) is 5.41 Å². The van der Waals surface area contributed by atoms with Gasteiger partial charge in [0.2, 0.25) is 0 Å². The number of aliphatic hydroxyl groups is 1. The summed E-state index contributed by atoms with van der Waals surface area (Å²) in [6.45, 7) is 0.741. The highest BCUT2D eigenvalue weighted by atomic mass is 32.2. The summed E-state index contributed by atoms with van der Waals surface area (Å²) in [5.74, 6) is -0.0487. The van der Waals surface area contributed by atoms with Crippen LogP contribution in [0.2, 0.25) is 0 Å². The van der Waals surface area contributed by atoms with Crippen molar-refractivity contribution in [2.45, 2.75) is 30.6 Å². The van der Waals surface area contributed by atoms with E-state index in [4.69, 9.17) is 0 Å². The van der Waals surface area contributed by atoms with E-state index in [-0.39, 0.29) is 17.9 Å². The van der Waals surface area contributed by atoms with Crippen LogP contribution in [0.1, 0.15) is 36.0 Å². The second-order valence-electron chi connectivity index (χ2n) is 5.28. The first-order valence-corrected chi connectivity index (χ1v) is 7.95. The van der Waals surface area contributed by atoms with Gasteiger partial charge < -0.3 is 10.4 Å². The van der Waals surface area contributed by atoms with Crippen LogP contribution in [0.3, 0.4) is 0 Å². The zero-order valence-electron chi connectivity index (χ0n) is 11.3. The molecule has 0 radical (unpaired) electrons. The van der Waals surface area contributed by atoms with E-state index in [1.54, 1.807) is 11.8 Å². The van der Waals surface area contributed by atoms with Crippen molar-refractivity contribution < 1.29 is 9.90 Å². The summed E-state index contributed by atoms with van der Waals surface area (Å²) >= 11 is 1.66. The third-order valence-corrected chi connectivity index (χ3v) is 4.72. The number of rotatable bonds is 5. The summed E-state index contributed by atoms with van der Waals surface area (Å²) < 4.78 is 0. The number of nitrogens with one attached hydrogen (secondary N) is 1. The summed E-state index contributed by atoms with van der Waals surface area (Å²) in [6, 6.07) is 7.61. The maximum atomic E-state index is 12.1. The average molecular weight is 279 g/mol. The Morgan fingerprint density at radius 2 is 1.95 bits per heavy atom. The van der Waals surface area contributed by atoms with Gasteiger partial charge in [0.05, 0.1) is 6.61 Å². The Balaban J connectivity index is 1.93. The number of hydrogen-bond donors (Lipinski definition) is 2. The van der Waals surface area contributed by atoms with Gasteiger partial charge >= 0.3 is 0 Å². The molecule has 1 aromatic carbocycles. The standard InChI is InChI=1S/C15H21NO2S/c1-19-13-6-4-12(5-7-13)14(18)16-10-15(11-17)8-2-3-9-15/h4-7,17H,2-3,8-11H2,1H3,(H,16,18). The third-order valence-electron chi connectivity index (χ3n) is 3.98.